The van der Waals surface area contributed by atoms with Gasteiger partial charge in [-0.15, -0.1) is 0 Å². The highest BCUT2D eigenvalue weighted by atomic mass is 16.1. The molecule has 0 bridgehead atoms. The van der Waals surface area contributed by atoms with E-state index in [0.29, 0.717) is 6.54 Å². The van der Waals surface area contributed by atoms with Crippen molar-refractivity contribution >= 4 is 16.9 Å². The Morgan fingerprint density at radius 2 is 1.83 bits per heavy atom. The predicted molar refractivity (Wildman–Crippen MR) is 115 cm³/mol. The van der Waals surface area contributed by atoms with Gasteiger partial charge >= 0.3 is 0 Å². The van der Waals surface area contributed by atoms with Crippen LogP contribution >= 0.6 is 0 Å². The second kappa shape index (κ2) is 7.79. The number of anilines is 1. The molecule has 0 amide bonds. The summed E-state index contributed by atoms with van der Waals surface area (Å²) in [5.74, 6) is 1.74. The Labute approximate surface area is 175 Å². The molecule has 4 heterocycles. The number of fused-ring (bicyclic) bond motifs is 2. The van der Waals surface area contributed by atoms with Crippen LogP contribution in [0.25, 0.3) is 11.0 Å². The van der Waals surface area contributed by atoms with Crippen molar-refractivity contribution in [1.82, 2.24) is 34.4 Å². The van der Waals surface area contributed by atoms with E-state index in [1.165, 1.54) is 12.8 Å². The Balaban J connectivity index is 1.24. The molecule has 30 heavy (non-hydrogen) atoms. The lowest BCUT2D eigenvalue weighted by Crippen LogP contribution is -2.48. The van der Waals surface area contributed by atoms with E-state index in [0.717, 1.165) is 79.5 Å². The minimum atomic E-state index is 0.0321. The largest absolute Gasteiger partial charge is 0.353 e. The molecule has 0 spiro atoms. The summed E-state index contributed by atoms with van der Waals surface area (Å²) in [7, 11) is 1.91. The Bertz CT molecular complexity index is 1130. The van der Waals surface area contributed by atoms with E-state index in [1.807, 2.05) is 20.2 Å². The maximum absolute atomic E-state index is 12.4. The second-order valence-electron chi connectivity index (χ2n) is 8.31. The van der Waals surface area contributed by atoms with E-state index in [2.05, 4.69) is 25.0 Å². The minimum absolute atomic E-state index is 0.0321. The van der Waals surface area contributed by atoms with E-state index >= 15 is 0 Å². The first kappa shape index (κ1) is 19.2. The number of aromatic nitrogens is 6. The molecule has 9 heteroatoms. The van der Waals surface area contributed by atoms with Gasteiger partial charge in [0.05, 0.1) is 23.8 Å². The van der Waals surface area contributed by atoms with Gasteiger partial charge < -0.3 is 4.90 Å². The van der Waals surface area contributed by atoms with Crippen molar-refractivity contribution in [3.63, 3.8) is 0 Å². The van der Waals surface area contributed by atoms with Gasteiger partial charge in [0.2, 0.25) is 0 Å². The van der Waals surface area contributed by atoms with E-state index in [4.69, 9.17) is 4.98 Å². The van der Waals surface area contributed by atoms with Gasteiger partial charge in [0.15, 0.2) is 5.65 Å². The van der Waals surface area contributed by atoms with Crippen LogP contribution in [-0.4, -0.2) is 67.2 Å². The third-order valence-electron chi connectivity index (χ3n) is 6.26. The predicted octanol–water partition coefficient (Wildman–Crippen LogP) is 0.929. The normalized spacial score (nSPS) is 17.5. The minimum Gasteiger partial charge on any atom is -0.353 e. The molecule has 3 aromatic heterocycles. The maximum Gasteiger partial charge on any atom is 0.267 e. The quantitative estimate of drug-likeness (QED) is 0.635. The molecule has 5 rings (SSSR count). The highest BCUT2D eigenvalue weighted by Crippen LogP contribution is 2.24. The van der Waals surface area contributed by atoms with Crippen LogP contribution in [0.15, 0.2) is 17.1 Å². The smallest absolute Gasteiger partial charge is 0.267 e. The molecule has 3 aromatic rings. The molecule has 1 aliphatic carbocycles. The summed E-state index contributed by atoms with van der Waals surface area (Å²) in [6.45, 7) is 7.07. The Morgan fingerprint density at radius 3 is 2.67 bits per heavy atom. The molecule has 9 nitrogen and oxygen atoms in total. The van der Waals surface area contributed by atoms with Crippen molar-refractivity contribution in [1.29, 1.82) is 0 Å². The molecule has 0 saturated carbocycles. The molecule has 1 fully saturated rings. The summed E-state index contributed by atoms with van der Waals surface area (Å²) in [6.07, 6.45) is 6.18. The zero-order chi connectivity index (χ0) is 20.7. The standard InChI is InChI=1S/C21H28N8O/c1-15-23-20-17(14-22-26(20)2)21(24-15)28-10-7-27(8-11-28)9-12-29-19(30)13-16-5-3-4-6-18(16)25-29/h13-14H,3-12H2,1-2H3. The molecular weight excluding hydrogens is 380 g/mol. The molecule has 0 N–H and O–H groups in total. The van der Waals surface area contributed by atoms with Gasteiger partial charge in [-0.3, -0.25) is 14.4 Å². The van der Waals surface area contributed by atoms with Crippen LogP contribution in [-0.2, 0) is 26.4 Å². The first-order valence-electron chi connectivity index (χ1n) is 10.8. The van der Waals surface area contributed by atoms with E-state index in [9.17, 15) is 4.79 Å². The van der Waals surface area contributed by atoms with Gasteiger partial charge in [0.1, 0.15) is 11.6 Å². The van der Waals surface area contributed by atoms with Gasteiger partial charge in [-0.25, -0.2) is 14.6 Å². The van der Waals surface area contributed by atoms with Crippen molar-refractivity contribution in [2.75, 3.05) is 37.6 Å². The Morgan fingerprint density at radius 1 is 1.03 bits per heavy atom. The first-order chi connectivity index (χ1) is 14.6. The third-order valence-corrected chi connectivity index (χ3v) is 6.26. The van der Waals surface area contributed by atoms with Gasteiger partial charge in [-0.1, -0.05) is 0 Å². The number of aryl methyl sites for hydroxylation is 4. The SMILES string of the molecule is Cc1nc(N2CCN(CCn3nc4c(cc3=O)CCCC4)CC2)c2cnn(C)c2n1. The number of piperazine rings is 1. The highest BCUT2D eigenvalue weighted by molar-refractivity contribution is 5.87. The molecule has 0 radical (unpaired) electrons. The zero-order valence-corrected chi connectivity index (χ0v) is 17.7. The first-order valence-corrected chi connectivity index (χ1v) is 10.8. The van der Waals surface area contributed by atoms with Crippen LogP contribution in [0.1, 0.15) is 29.9 Å². The van der Waals surface area contributed by atoms with Gasteiger partial charge in [0, 0.05) is 45.8 Å². The number of hydrogen-bond acceptors (Lipinski definition) is 7. The fraction of sp³-hybridized carbons (Fsp3) is 0.571. The maximum atomic E-state index is 12.4. The molecule has 0 unspecified atom stereocenters. The monoisotopic (exact) mass is 408 g/mol. The Hall–Kier alpha value is -2.81. The van der Waals surface area contributed by atoms with Crippen LogP contribution in [0, 0.1) is 6.92 Å². The lowest BCUT2D eigenvalue weighted by Gasteiger charge is -2.35. The number of nitrogens with zero attached hydrogens (tertiary/aromatic N) is 8. The average Bonchev–Trinajstić information content (AvgIpc) is 3.12. The van der Waals surface area contributed by atoms with Gasteiger partial charge in [-0.2, -0.15) is 10.2 Å². The van der Waals surface area contributed by atoms with Crippen LogP contribution < -0.4 is 10.5 Å². The van der Waals surface area contributed by atoms with E-state index in [-0.39, 0.29) is 5.56 Å². The van der Waals surface area contributed by atoms with E-state index < -0.39 is 0 Å². The summed E-state index contributed by atoms with van der Waals surface area (Å²) >= 11 is 0. The summed E-state index contributed by atoms with van der Waals surface area (Å²) in [4.78, 5) is 26.3. The van der Waals surface area contributed by atoms with Crippen LogP contribution in [0.5, 0.6) is 0 Å². The Kier molecular flexibility index (Phi) is 4.98. The van der Waals surface area contributed by atoms with Crippen molar-refractivity contribution in [3.05, 3.63) is 39.7 Å². The average molecular weight is 409 g/mol. The summed E-state index contributed by atoms with van der Waals surface area (Å²) in [5, 5.41) is 9.99. The molecule has 158 valence electrons. The summed E-state index contributed by atoms with van der Waals surface area (Å²) in [6, 6.07) is 1.80. The zero-order valence-electron chi connectivity index (χ0n) is 17.7. The summed E-state index contributed by atoms with van der Waals surface area (Å²) < 4.78 is 3.45. The van der Waals surface area contributed by atoms with Crippen LogP contribution in [0.2, 0.25) is 0 Å². The van der Waals surface area contributed by atoms with E-state index in [1.54, 1.807) is 15.4 Å². The number of hydrogen-bond donors (Lipinski definition) is 0. The van der Waals surface area contributed by atoms with Gasteiger partial charge in [0.25, 0.3) is 5.56 Å². The fourth-order valence-electron chi connectivity index (χ4n) is 4.53. The van der Waals surface area contributed by atoms with Crippen molar-refractivity contribution < 1.29 is 0 Å². The number of rotatable bonds is 4. The van der Waals surface area contributed by atoms with Crippen LogP contribution in [0.4, 0.5) is 5.82 Å². The molecular formula is C21H28N8O. The third kappa shape index (κ3) is 3.58. The molecule has 1 saturated heterocycles. The van der Waals surface area contributed by atoms with Gasteiger partial charge in [-0.05, 0) is 38.2 Å². The van der Waals surface area contributed by atoms with Crippen LogP contribution in [0.3, 0.4) is 0 Å². The molecule has 2 aliphatic rings. The lowest BCUT2D eigenvalue weighted by molar-refractivity contribution is 0.242. The fourth-order valence-corrected chi connectivity index (χ4v) is 4.53. The van der Waals surface area contributed by atoms with Crippen molar-refractivity contribution in [3.8, 4) is 0 Å². The molecule has 1 aliphatic heterocycles. The lowest BCUT2D eigenvalue weighted by atomic mass is 9.97. The van der Waals surface area contributed by atoms with Crippen molar-refractivity contribution in [2.45, 2.75) is 39.2 Å². The highest BCUT2D eigenvalue weighted by Gasteiger charge is 2.22. The second-order valence-corrected chi connectivity index (χ2v) is 8.31. The summed E-state index contributed by atoms with van der Waals surface area (Å²) in [5.41, 5.74) is 3.17. The topological polar surface area (TPSA) is 85.0 Å². The van der Waals surface area contributed by atoms with Crippen molar-refractivity contribution in [2.24, 2.45) is 7.05 Å². The molecule has 0 aromatic carbocycles. The molecule has 0 atom stereocenters.